The van der Waals surface area contributed by atoms with Crippen molar-refractivity contribution in [2.24, 2.45) is 0 Å². The molecule has 0 bridgehead atoms. The second-order valence-corrected chi connectivity index (χ2v) is 5.35. The first-order valence-electron chi connectivity index (χ1n) is 6.35. The molecule has 1 aliphatic rings. The Kier molecular flexibility index (Phi) is 2.98. The molecule has 0 atom stereocenters. The average molecular weight is 272 g/mol. The van der Waals surface area contributed by atoms with Crippen molar-refractivity contribution in [3.63, 3.8) is 0 Å². The number of nitrogens with one attached hydrogen (secondary N) is 2. The molecular formula is C14H16N4S. The molecule has 3 rings (SSSR count). The molecule has 0 aromatic carbocycles. The van der Waals surface area contributed by atoms with Gasteiger partial charge >= 0.3 is 0 Å². The van der Waals surface area contributed by atoms with E-state index in [4.69, 9.17) is 12.2 Å². The Morgan fingerprint density at radius 2 is 2.32 bits per heavy atom. The molecule has 0 radical (unpaired) electrons. The van der Waals surface area contributed by atoms with E-state index in [0.717, 1.165) is 34.0 Å². The molecule has 0 aliphatic carbocycles. The predicted molar refractivity (Wildman–Crippen MR) is 81.6 cm³/mol. The smallest absolute Gasteiger partial charge is 0.173 e. The second kappa shape index (κ2) is 4.66. The van der Waals surface area contributed by atoms with Gasteiger partial charge in [0, 0.05) is 29.7 Å². The standard InChI is InChI=1S/C14H16N4S/c1-9(2)18-8-11(17-14(18)19)6-10-7-16-12-4-3-5-15-13(10)12/h3-7,9,16H,8H2,1-2H3,(H,17,19)/b11-6-. The Morgan fingerprint density at radius 3 is 3.05 bits per heavy atom. The van der Waals surface area contributed by atoms with Crippen LogP contribution in [0.2, 0.25) is 0 Å². The maximum Gasteiger partial charge on any atom is 0.173 e. The molecule has 2 aromatic heterocycles. The van der Waals surface area contributed by atoms with Gasteiger partial charge in [-0.25, -0.2) is 0 Å². The van der Waals surface area contributed by atoms with E-state index in [1.807, 2.05) is 24.5 Å². The summed E-state index contributed by atoms with van der Waals surface area (Å²) in [6, 6.07) is 4.36. The summed E-state index contributed by atoms with van der Waals surface area (Å²) >= 11 is 5.34. The lowest BCUT2D eigenvalue weighted by Crippen LogP contribution is -2.33. The van der Waals surface area contributed by atoms with Crippen LogP contribution < -0.4 is 5.32 Å². The van der Waals surface area contributed by atoms with Crippen molar-refractivity contribution in [2.45, 2.75) is 19.9 Å². The van der Waals surface area contributed by atoms with E-state index in [2.05, 4.69) is 40.1 Å². The Hall–Kier alpha value is -1.88. The number of thiocarbonyl (C=S) groups is 1. The number of aromatic nitrogens is 2. The minimum atomic E-state index is 0.409. The van der Waals surface area contributed by atoms with Crippen molar-refractivity contribution < 1.29 is 0 Å². The van der Waals surface area contributed by atoms with Gasteiger partial charge in [0.1, 0.15) is 0 Å². The summed E-state index contributed by atoms with van der Waals surface area (Å²) in [6.45, 7) is 5.12. The summed E-state index contributed by atoms with van der Waals surface area (Å²) in [7, 11) is 0. The molecule has 3 heterocycles. The van der Waals surface area contributed by atoms with E-state index in [9.17, 15) is 0 Å². The average Bonchev–Trinajstić information content (AvgIpc) is 2.95. The van der Waals surface area contributed by atoms with E-state index in [0.29, 0.717) is 6.04 Å². The largest absolute Gasteiger partial charge is 0.359 e. The third-order valence-electron chi connectivity index (χ3n) is 3.29. The number of hydrogen-bond acceptors (Lipinski definition) is 2. The topological polar surface area (TPSA) is 44.0 Å². The molecule has 1 fully saturated rings. The zero-order valence-electron chi connectivity index (χ0n) is 11.0. The van der Waals surface area contributed by atoms with Crippen LogP contribution in [0, 0.1) is 0 Å². The van der Waals surface area contributed by atoms with Crippen LogP contribution in [-0.4, -0.2) is 32.6 Å². The van der Waals surface area contributed by atoms with E-state index >= 15 is 0 Å². The van der Waals surface area contributed by atoms with Gasteiger partial charge in [0.2, 0.25) is 0 Å². The highest BCUT2D eigenvalue weighted by Gasteiger charge is 2.22. The zero-order valence-corrected chi connectivity index (χ0v) is 11.8. The fourth-order valence-electron chi connectivity index (χ4n) is 2.28. The number of fused-ring (bicyclic) bond motifs is 1. The summed E-state index contributed by atoms with van der Waals surface area (Å²) in [5.74, 6) is 0. The van der Waals surface area contributed by atoms with Crippen LogP contribution in [0.4, 0.5) is 0 Å². The summed E-state index contributed by atoms with van der Waals surface area (Å²) in [5.41, 5.74) is 4.25. The fraction of sp³-hybridized carbons (Fsp3) is 0.286. The Morgan fingerprint density at radius 1 is 1.47 bits per heavy atom. The molecule has 0 saturated carbocycles. The highest BCUT2D eigenvalue weighted by atomic mass is 32.1. The first-order valence-corrected chi connectivity index (χ1v) is 6.76. The number of rotatable bonds is 2. The van der Waals surface area contributed by atoms with Gasteiger partial charge in [-0.3, -0.25) is 4.98 Å². The van der Waals surface area contributed by atoms with Gasteiger partial charge in [-0.05, 0) is 44.3 Å². The Bertz CT molecular complexity index is 656. The van der Waals surface area contributed by atoms with Gasteiger partial charge in [-0.15, -0.1) is 0 Å². The van der Waals surface area contributed by atoms with Gasteiger partial charge < -0.3 is 15.2 Å². The Balaban J connectivity index is 1.93. The van der Waals surface area contributed by atoms with Crippen LogP contribution >= 0.6 is 12.2 Å². The summed E-state index contributed by atoms with van der Waals surface area (Å²) < 4.78 is 0. The van der Waals surface area contributed by atoms with E-state index in [1.165, 1.54) is 0 Å². The van der Waals surface area contributed by atoms with Gasteiger partial charge in [0.15, 0.2) is 5.11 Å². The van der Waals surface area contributed by atoms with E-state index in [1.54, 1.807) is 0 Å². The third kappa shape index (κ3) is 2.21. The first-order chi connectivity index (χ1) is 9.15. The maximum atomic E-state index is 5.34. The molecule has 4 nitrogen and oxygen atoms in total. The van der Waals surface area contributed by atoms with Crippen LogP contribution in [0.1, 0.15) is 19.4 Å². The quantitative estimate of drug-likeness (QED) is 0.825. The van der Waals surface area contributed by atoms with Crippen LogP contribution in [0.3, 0.4) is 0 Å². The molecule has 2 N–H and O–H groups in total. The van der Waals surface area contributed by atoms with Crippen molar-refractivity contribution in [3.8, 4) is 0 Å². The van der Waals surface area contributed by atoms with Crippen molar-refractivity contribution in [1.29, 1.82) is 0 Å². The molecule has 98 valence electrons. The lowest BCUT2D eigenvalue weighted by molar-refractivity contribution is 0.399. The molecule has 1 saturated heterocycles. The third-order valence-corrected chi connectivity index (χ3v) is 3.62. The van der Waals surface area contributed by atoms with Crippen LogP contribution in [0.25, 0.3) is 17.1 Å². The minimum Gasteiger partial charge on any atom is -0.359 e. The first kappa shape index (κ1) is 12.2. The van der Waals surface area contributed by atoms with Gasteiger partial charge in [0.25, 0.3) is 0 Å². The molecule has 2 aromatic rings. The SMILES string of the molecule is CC(C)N1C/C(=C/c2c[nH]c3cccnc23)NC1=S. The van der Waals surface area contributed by atoms with Gasteiger partial charge in [0.05, 0.1) is 17.6 Å². The number of hydrogen-bond donors (Lipinski definition) is 2. The molecule has 0 unspecified atom stereocenters. The lowest BCUT2D eigenvalue weighted by atomic mass is 10.2. The number of H-pyrrole nitrogens is 1. The van der Waals surface area contributed by atoms with Crippen LogP contribution in [-0.2, 0) is 0 Å². The number of pyridine rings is 1. The molecule has 0 spiro atoms. The van der Waals surface area contributed by atoms with Gasteiger partial charge in [-0.2, -0.15) is 0 Å². The van der Waals surface area contributed by atoms with E-state index < -0.39 is 0 Å². The summed E-state index contributed by atoms with van der Waals surface area (Å²) in [6.07, 6.45) is 5.90. The van der Waals surface area contributed by atoms with Crippen LogP contribution in [0.5, 0.6) is 0 Å². The molecule has 1 aliphatic heterocycles. The normalized spacial score (nSPS) is 17.7. The highest BCUT2D eigenvalue weighted by Crippen LogP contribution is 2.20. The number of nitrogens with zero attached hydrogens (tertiary/aromatic N) is 2. The molecule has 19 heavy (non-hydrogen) atoms. The van der Waals surface area contributed by atoms with Crippen molar-refractivity contribution in [2.75, 3.05) is 6.54 Å². The van der Waals surface area contributed by atoms with Gasteiger partial charge in [-0.1, -0.05) is 0 Å². The predicted octanol–water partition coefficient (Wildman–Crippen LogP) is 2.50. The fourth-order valence-corrected chi connectivity index (χ4v) is 2.68. The number of aromatic amines is 1. The summed E-state index contributed by atoms with van der Waals surface area (Å²) in [5, 5.41) is 4.07. The monoisotopic (exact) mass is 272 g/mol. The molecule has 0 amide bonds. The van der Waals surface area contributed by atoms with Crippen LogP contribution in [0.15, 0.2) is 30.2 Å². The highest BCUT2D eigenvalue weighted by molar-refractivity contribution is 7.80. The summed E-state index contributed by atoms with van der Waals surface area (Å²) in [4.78, 5) is 9.80. The lowest BCUT2D eigenvalue weighted by Gasteiger charge is -2.20. The molecular weight excluding hydrogens is 256 g/mol. The van der Waals surface area contributed by atoms with Crippen molar-refractivity contribution in [3.05, 3.63) is 35.8 Å². The van der Waals surface area contributed by atoms with Crippen molar-refractivity contribution in [1.82, 2.24) is 20.2 Å². The minimum absolute atomic E-state index is 0.409. The second-order valence-electron chi connectivity index (χ2n) is 4.96. The van der Waals surface area contributed by atoms with Crippen molar-refractivity contribution >= 4 is 34.4 Å². The zero-order chi connectivity index (χ0) is 13.4. The Labute approximate surface area is 117 Å². The van der Waals surface area contributed by atoms with E-state index in [-0.39, 0.29) is 0 Å². The molecule has 5 heteroatoms. The maximum absolute atomic E-state index is 5.34.